The number of hydrogen-bond acceptors (Lipinski definition) is 5. The lowest BCUT2D eigenvalue weighted by molar-refractivity contribution is -0.145. The molecule has 0 saturated heterocycles. The van der Waals surface area contributed by atoms with Gasteiger partial charge in [-0.2, -0.15) is 0 Å². The van der Waals surface area contributed by atoms with Gasteiger partial charge in [-0.25, -0.2) is 9.97 Å². The smallest absolute Gasteiger partial charge is 0.302 e. The van der Waals surface area contributed by atoms with Crippen LogP contribution in [0.25, 0.3) is 11.4 Å². The summed E-state index contributed by atoms with van der Waals surface area (Å²) in [5.74, 6) is 1.10. The van der Waals surface area contributed by atoms with E-state index in [4.69, 9.17) is 9.47 Å². The number of carbonyl (C=O) groups is 1. The number of unbranched alkanes of at least 4 members (excludes halogenated alkanes) is 1. The van der Waals surface area contributed by atoms with E-state index >= 15 is 0 Å². The second-order valence-corrected chi connectivity index (χ2v) is 5.77. The lowest BCUT2D eigenvalue weighted by Gasteiger charge is -2.12. The second kappa shape index (κ2) is 9.01. The van der Waals surface area contributed by atoms with Crippen molar-refractivity contribution in [2.24, 2.45) is 0 Å². The first kappa shape index (κ1) is 17.9. The van der Waals surface area contributed by atoms with Crippen LogP contribution in [0, 0.1) is 0 Å². The lowest BCUT2D eigenvalue weighted by Crippen LogP contribution is -2.14. The third-order valence-corrected chi connectivity index (χ3v) is 3.50. The Morgan fingerprint density at radius 3 is 2.42 bits per heavy atom. The highest BCUT2D eigenvalue weighted by Crippen LogP contribution is 2.18. The van der Waals surface area contributed by atoms with Crippen molar-refractivity contribution in [3.05, 3.63) is 42.2 Å². The third kappa shape index (κ3) is 5.65. The number of esters is 1. The highest BCUT2D eigenvalue weighted by molar-refractivity contribution is 5.66. The molecule has 0 spiro atoms. The Morgan fingerprint density at radius 2 is 1.83 bits per heavy atom. The summed E-state index contributed by atoms with van der Waals surface area (Å²) in [5, 5.41) is 0. The molecule has 1 aromatic heterocycles. The number of aromatic nitrogens is 2. The minimum absolute atomic E-state index is 0.135. The molecular formula is C19H24N2O3. The topological polar surface area (TPSA) is 61.3 Å². The first-order chi connectivity index (χ1) is 11.6. The van der Waals surface area contributed by atoms with Gasteiger partial charge in [-0.3, -0.25) is 4.79 Å². The molecule has 1 unspecified atom stereocenters. The number of nitrogens with zero attached hydrogens (tertiary/aromatic N) is 2. The molecule has 1 aromatic carbocycles. The Labute approximate surface area is 143 Å². The SMILES string of the molecule is CCCCOc1cnc(-c2ccc(CC(C)OC(C)=O)cc2)nc1. The van der Waals surface area contributed by atoms with Crippen LogP contribution in [0.2, 0.25) is 0 Å². The predicted molar refractivity (Wildman–Crippen MR) is 92.8 cm³/mol. The third-order valence-electron chi connectivity index (χ3n) is 3.50. The molecule has 0 radical (unpaired) electrons. The summed E-state index contributed by atoms with van der Waals surface area (Å²) in [7, 11) is 0. The largest absolute Gasteiger partial charge is 0.490 e. The van der Waals surface area contributed by atoms with Crippen molar-refractivity contribution in [3.8, 4) is 17.1 Å². The van der Waals surface area contributed by atoms with Gasteiger partial charge < -0.3 is 9.47 Å². The number of carbonyl (C=O) groups excluding carboxylic acids is 1. The summed E-state index contributed by atoms with van der Waals surface area (Å²) >= 11 is 0. The minimum Gasteiger partial charge on any atom is -0.490 e. The summed E-state index contributed by atoms with van der Waals surface area (Å²) in [6.07, 6.45) is 6.08. The van der Waals surface area contributed by atoms with Crippen LogP contribution in [0.1, 0.15) is 39.2 Å². The van der Waals surface area contributed by atoms with Crippen molar-refractivity contribution < 1.29 is 14.3 Å². The van der Waals surface area contributed by atoms with Crippen LogP contribution in [0.4, 0.5) is 0 Å². The van der Waals surface area contributed by atoms with Gasteiger partial charge in [0.25, 0.3) is 0 Å². The fourth-order valence-corrected chi connectivity index (χ4v) is 2.32. The molecule has 5 heteroatoms. The summed E-state index contributed by atoms with van der Waals surface area (Å²) in [6.45, 7) is 6.12. The van der Waals surface area contributed by atoms with E-state index in [1.54, 1.807) is 12.4 Å². The maximum absolute atomic E-state index is 10.9. The highest BCUT2D eigenvalue weighted by atomic mass is 16.5. The molecule has 24 heavy (non-hydrogen) atoms. The van der Waals surface area contributed by atoms with E-state index in [9.17, 15) is 4.79 Å². The predicted octanol–water partition coefficient (Wildman–Crippen LogP) is 3.82. The van der Waals surface area contributed by atoms with E-state index in [0.29, 0.717) is 24.6 Å². The zero-order valence-electron chi connectivity index (χ0n) is 14.5. The van der Waals surface area contributed by atoms with Gasteiger partial charge in [-0.15, -0.1) is 0 Å². The standard InChI is InChI=1S/C19H24N2O3/c1-4-5-10-23-18-12-20-19(21-13-18)17-8-6-16(7-9-17)11-14(2)24-15(3)22/h6-9,12-14H,4-5,10-11H2,1-3H3. The summed E-state index contributed by atoms with van der Waals surface area (Å²) < 4.78 is 10.7. The Hall–Kier alpha value is -2.43. The first-order valence-electron chi connectivity index (χ1n) is 8.30. The van der Waals surface area contributed by atoms with Gasteiger partial charge in [-0.1, -0.05) is 37.6 Å². The van der Waals surface area contributed by atoms with Crippen molar-refractivity contribution in [1.29, 1.82) is 0 Å². The number of ether oxygens (including phenoxy) is 2. The van der Waals surface area contributed by atoms with Gasteiger partial charge >= 0.3 is 5.97 Å². The minimum atomic E-state index is -0.256. The molecule has 2 rings (SSSR count). The van der Waals surface area contributed by atoms with Crippen LogP contribution in [0.5, 0.6) is 5.75 Å². The van der Waals surface area contributed by atoms with Gasteiger partial charge in [0.1, 0.15) is 6.10 Å². The molecule has 0 aliphatic heterocycles. The molecule has 0 aliphatic rings. The van der Waals surface area contributed by atoms with Crippen LogP contribution in [-0.2, 0) is 16.0 Å². The molecule has 0 aliphatic carbocycles. The zero-order valence-corrected chi connectivity index (χ0v) is 14.5. The molecule has 1 atom stereocenters. The average Bonchev–Trinajstić information content (AvgIpc) is 2.56. The lowest BCUT2D eigenvalue weighted by atomic mass is 10.1. The van der Waals surface area contributed by atoms with Crippen LogP contribution >= 0.6 is 0 Å². The maximum atomic E-state index is 10.9. The van der Waals surface area contributed by atoms with Crippen molar-refractivity contribution in [2.45, 2.75) is 46.1 Å². The summed E-state index contributed by atoms with van der Waals surface area (Å²) in [6, 6.07) is 7.96. The number of benzene rings is 1. The number of rotatable bonds is 8. The second-order valence-electron chi connectivity index (χ2n) is 5.77. The van der Waals surface area contributed by atoms with Gasteiger partial charge in [0.2, 0.25) is 0 Å². The van der Waals surface area contributed by atoms with Crippen LogP contribution in [-0.4, -0.2) is 28.6 Å². The van der Waals surface area contributed by atoms with E-state index in [2.05, 4.69) is 16.9 Å². The van der Waals surface area contributed by atoms with Crippen LogP contribution in [0.15, 0.2) is 36.7 Å². The highest BCUT2D eigenvalue weighted by Gasteiger charge is 2.08. The molecular weight excluding hydrogens is 304 g/mol. The van der Waals surface area contributed by atoms with E-state index in [1.807, 2.05) is 31.2 Å². The van der Waals surface area contributed by atoms with Crippen LogP contribution < -0.4 is 4.74 Å². The van der Waals surface area contributed by atoms with Crippen molar-refractivity contribution in [1.82, 2.24) is 9.97 Å². The van der Waals surface area contributed by atoms with Gasteiger partial charge in [0, 0.05) is 18.9 Å². The Bertz CT molecular complexity index is 639. The summed E-state index contributed by atoms with van der Waals surface area (Å²) in [4.78, 5) is 19.6. The Balaban J connectivity index is 1.96. The molecule has 0 N–H and O–H groups in total. The van der Waals surface area contributed by atoms with Crippen molar-refractivity contribution in [3.63, 3.8) is 0 Å². The molecule has 0 saturated carbocycles. The van der Waals surface area contributed by atoms with Crippen LogP contribution in [0.3, 0.4) is 0 Å². The van der Waals surface area contributed by atoms with E-state index < -0.39 is 0 Å². The Morgan fingerprint density at radius 1 is 1.17 bits per heavy atom. The fourth-order valence-electron chi connectivity index (χ4n) is 2.32. The van der Waals surface area contributed by atoms with Gasteiger partial charge in [0.05, 0.1) is 19.0 Å². The molecule has 0 fully saturated rings. The maximum Gasteiger partial charge on any atom is 0.302 e. The zero-order chi connectivity index (χ0) is 17.4. The van der Waals surface area contributed by atoms with Crippen molar-refractivity contribution >= 4 is 5.97 Å². The molecule has 0 bridgehead atoms. The first-order valence-corrected chi connectivity index (χ1v) is 8.30. The molecule has 1 heterocycles. The fraction of sp³-hybridized carbons (Fsp3) is 0.421. The van der Waals surface area contributed by atoms with Gasteiger partial charge in [-0.05, 0) is 18.9 Å². The molecule has 0 amide bonds. The molecule has 5 nitrogen and oxygen atoms in total. The normalized spacial score (nSPS) is 11.8. The van der Waals surface area contributed by atoms with E-state index in [0.717, 1.165) is 24.0 Å². The van der Waals surface area contributed by atoms with E-state index in [1.165, 1.54) is 6.92 Å². The van der Waals surface area contributed by atoms with E-state index in [-0.39, 0.29) is 12.1 Å². The average molecular weight is 328 g/mol. The Kier molecular flexibility index (Phi) is 6.73. The summed E-state index contributed by atoms with van der Waals surface area (Å²) in [5.41, 5.74) is 2.05. The van der Waals surface area contributed by atoms with Crippen molar-refractivity contribution in [2.75, 3.05) is 6.61 Å². The molecule has 2 aromatic rings. The van der Waals surface area contributed by atoms with Gasteiger partial charge in [0.15, 0.2) is 11.6 Å². The number of hydrogen-bond donors (Lipinski definition) is 0. The monoisotopic (exact) mass is 328 g/mol. The molecule has 128 valence electrons. The quantitative estimate of drug-likeness (QED) is 0.544.